The standard InChI is InChI=1S/C19H24Cl2N4O3S/c1-3-24(29(2,27)28)10-4-9-22-19(26)15-12-23-25(18(15)13-5-6-13)17-8-7-14(20)11-16(17)21/h7-8,11-13H,3-6,9-10H2,1-2H3,(H,22,26). The van der Waals surface area contributed by atoms with Crippen molar-refractivity contribution < 1.29 is 13.2 Å². The number of carbonyl (C=O) groups excluding carboxylic acids is 1. The number of benzene rings is 1. The molecule has 0 spiro atoms. The van der Waals surface area contributed by atoms with E-state index >= 15 is 0 Å². The van der Waals surface area contributed by atoms with Crippen molar-refractivity contribution in [2.45, 2.75) is 32.1 Å². The molecule has 0 unspecified atom stereocenters. The molecule has 1 aromatic carbocycles. The molecule has 0 saturated heterocycles. The van der Waals surface area contributed by atoms with E-state index in [1.165, 1.54) is 10.6 Å². The van der Waals surface area contributed by atoms with E-state index in [0.717, 1.165) is 18.5 Å². The van der Waals surface area contributed by atoms with Gasteiger partial charge in [-0.1, -0.05) is 30.1 Å². The van der Waals surface area contributed by atoms with E-state index in [4.69, 9.17) is 23.2 Å². The number of nitrogens with zero attached hydrogens (tertiary/aromatic N) is 3. The molecule has 1 fully saturated rings. The molecular formula is C19H24Cl2N4O3S. The molecule has 2 aromatic rings. The zero-order valence-electron chi connectivity index (χ0n) is 16.4. The number of hydrogen-bond donors (Lipinski definition) is 1. The minimum absolute atomic E-state index is 0.217. The van der Waals surface area contributed by atoms with Crippen molar-refractivity contribution in [1.29, 1.82) is 0 Å². The Morgan fingerprint density at radius 2 is 2.07 bits per heavy atom. The molecule has 1 aromatic heterocycles. The number of amides is 1. The van der Waals surface area contributed by atoms with Crippen molar-refractivity contribution >= 4 is 39.1 Å². The van der Waals surface area contributed by atoms with Gasteiger partial charge in [0.1, 0.15) is 0 Å². The Morgan fingerprint density at radius 3 is 2.66 bits per heavy atom. The summed E-state index contributed by atoms with van der Waals surface area (Å²) < 4.78 is 26.4. The van der Waals surface area contributed by atoms with Crippen LogP contribution < -0.4 is 5.32 Å². The molecule has 0 bridgehead atoms. The molecule has 1 saturated carbocycles. The summed E-state index contributed by atoms with van der Waals surface area (Å²) in [6, 6.07) is 5.18. The number of hydrogen-bond acceptors (Lipinski definition) is 4. The Kier molecular flexibility index (Phi) is 6.88. The van der Waals surface area contributed by atoms with Gasteiger partial charge in [0.25, 0.3) is 5.91 Å². The average Bonchev–Trinajstić information content (AvgIpc) is 3.39. The smallest absolute Gasteiger partial charge is 0.254 e. The fourth-order valence-corrected chi connectivity index (χ4v) is 4.66. The van der Waals surface area contributed by atoms with Crippen LogP contribution in [-0.4, -0.2) is 54.3 Å². The minimum atomic E-state index is -3.23. The van der Waals surface area contributed by atoms with E-state index < -0.39 is 10.0 Å². The Labute approximate surface area is 181 Å². The second kappa shape index (κ2) is 9.04. The molecule has 0 aliphatic heterocycles. The lowest BCUT2D eigenvalue weighted by molar-refractivity contribution is 0.0951. The molecule has 3 rings (SSSR count). The Bertz CT molecular complexity index is 1000. The number of nitrogens with one attached hydrogen (secondary N) is 1. The van der Waals surface area contributed by atoms with Gasteiger partial charge in [-0.05, 0) is 37.5 Å². The quantitative estimate of drug-likeness (QED) is 0.583. The molecule has 1 aliphatic rings. The lowest BCUT2D eigenvalue weighted by Crippen LogP contribution is -2.33. The lowest BCUT2D eigenvalue weighted by atomic mass is 10.1. The average molecular weight is 459 g/mol. The highest BCUT2D eigenvalue weighted by Crippen LogP contribution is 2.43. The Hall–Kier alpha value is -1.61. The van der Waals surface area contributed by atoms with Gasteiger partial charge in [0, 0.05) is 30.6 Å². The zero-order valence-corrected chi connectivity index (χ0v) is 18.7. The summed E-state index contributed by atoms with van der Waals surface area (Å²) in [7, 11) is -3.23. The van der Waals surface area contributed by atoms with Crippen LogP contribution in [0.2, 0.25) is 10.0 Å². The highest BCUT2D eigenvalue weighted by molar-refractivity contribution is 7.88. The van der Waals surface area contributed by atoms with Gasteiger partial charge in [-0.3, -0.25) is 4.79 Å². The van der Waals surface area contributed by atoms with Crippen LogP contribution in [0.5, 0.6) is 0 Å². The summed E-state index contributed by atoms with van der Waals surface area (Å²) >= 11 is 12.3. The van der Waals surface area contributed by atoms with E-state index in [-0.39, 0.29) is 11.8 Å². The largest absolute Gasteiger partial charge is 0.352 e. The van der Waals surface area contributed by atoms with Gasteiger partial charge in [0.2, 0.25) is 10.0 Å². The van der Waals surface area contributed by atoms with Crippen LogP contribution in [0.25, 0.3) is 5.69 Å². The number of halogens is 2. The van der Waals surface area contributed by atoms with Crippen LogP contribution in [0.3, 0.4) is 0 Å². The van der Waals surface area contributed by atoms with Gasteiger partial charge in [0.15, 0.2) is 0 Å². The van der Waals surface area contributed by atoms with Crippen molar-refractivity contribution in [2.24, 2.45) is 0 Å². The first-order valence-electron chi connectivity index (χ1n) is 9.49. The van der Waals surface area contributed by atoms with Crippen molar-refractivity contribution in [1.82, 2.24) is 19.4 Å². The normalized spacial score (nSPS) is 14.4. The van der Waals surface area contributed by atoms with E-state index in [2.05, 4.69) is 10.4 Å². The molecule has 1 amide bonds. The van der Waals surface area contributed by atoms with Crippen LogP contribution in [0, 0.1) is 0 Å². The lowest BCUT2D eigenvalue weighted by Gasteiger charge is -2.17. The molecule has 10 heteroatoms. The maximum Gasteiger partial charge on any atom is 0.254 e. The minimum Gasteiger partial charge on any atom is -0.352 e. The van der Waals surface area contributed by atoms with Gasteiger partial charge in [-0.25, -0.2) is 17.4 Å². The molecule has 0 radical (unpaired) electrons. The summed E-state index contributed by atoms with van der Waals surface area (Å²) in [4.78, 5) is 12.7. The second-order valence-electron chi connectivity index (χ2n) is 7.09. The Balaban J connectivity index is 1.71. The SMILES string of the molecule is CCN(CCCNC(=O)c1cnn(-c2ccc(Cl)cc2Cl)c1C1CC1)S(C)(=O)=O. The van der Waals surface area contributed by atoms with E-state index in [0.29, 0.717) is 47.4 Å². The highest BCUT2D eigenvalue weighted by atomic mass is 35.5. The van der Waals surface area contributed by atoms with Crippen molar-refractivity contribution in [3.63, 3.8) is 0 Å². The van der Waals surface area contributed by atoms with Crippen molar-refractivity contribution in [3.05, 3.63) is 45.7 Å². The molecular weight excluding hydrogens is 435 g/mol. The Morgan fingerprint density at radius 1 is 1.34 bits per heavy atom. The van der Waals surface area contributed by atoms with Crippen LogP contribution >= 0.6 is 23.2 Å². The molecule has 158 valence electrons. The fourth-order valence-electron chi connectivity index (χ4n) is 3.24. The maximum absolute atomic E-state index is 12.7. The third-order valence-electron chi connectivity index (χ3n) is 4.84. The highest BCUT2D eigenvalue weighted by Gasteiger charge is 2.33. The van der Waals surface area contributed by atoms with Crippen LogP contribution in [0.15, 0.2) is 24.4 Å². The molecule has 1 aliphatic carbocycles. The predicted octanol–water partition coefficient (Wildman–Crippen LogP) is 3.46. The topological polar surface area (TPSA) is 84.3 Å². The van der Waals surface area contributed by atoms with Crippen molar-refractivity contribution in [3.8, 4) is 5.69 Å². The van der Waals surface area contributed by atoms with Gasteiger partial charge in [0.05, 0.1) is 34.4 Å². The van der Waals surface area contributed by atoms with E-state index in [1.807, 2.05) is 0 Å². The third kappa shape index (κ3) is 5.31. The molecule has 0 atom stereocenters. The zero-order chi connectivity index (χ0) is 21.2. The van der Waals surface area contributed by atoms with Crippen LogP contribution in [0.4, 0.5) is 0 Å². The van der Waals surface area contributed by atoms with E-state index in [9.17, 15) is 13.2 Å². The van der Waals surface area contributed by atoms with Gasteiger partial charge in [-0.2, -0.15) is 5.10 Å². The summed E-state index contributed by atoms with van der Waals surface area (Å²) in [5.74, 6) is 0.0523. The van der Waals surface area contributed by atoms with Gasteiger partial charge in [-0.15, -0.1) is 0 Å². The van der Waals surface area contributed by atoms with Gasteiger partial charge < -0.3 is 5.32 Å². The first-order chi connectivity index (χ1) is 13.7. The summed E-state index contributed by atoms with van der Waals surface area (Å²) in [5, 5.41) is 8.28. The number of rotatable bonds is 9. The van der Waals surface area contributed by atoms with Crippen LogP contribution in [-0.2, 0) is 10.0 Å². The molecule has 29 heavy (non-hydrogen) atoms. The summed E-state index contributed by atoms with van der Waals surface area (Å²) in [6.45, 7) is 2.94. The second-order valence-corrected chi connectivity index (χ2v) is 9.92. The third-order valence-corrected chi connectivity index (χ3v) is 6.76. The first-order valence-corrected chi connectivity index (χ1v) is 12.1. The predicted molar refractivity (Wildman–Crippen MR) is 115 cm³/mol. The number of aromatic nitrogens is 2. The fraction of sp³-hybridized carbons (Fsp3) is 0.474. The van der Waals surface area contributed by atoms with Crippen molar-refractivity contribution in [2.75, 3.05) is 25.9 Å². The number of carbonyl (C=O) groups is 1. The van der Waals surface area contributed by atoms with E-state index in [1.54, 1.807) is 36.0 Å². The summed E-state index contributed by atoms with van der Waals surface area (Å²) in [6.07, 6.45) is 5.27. The maximum atomic E-state index is 12.7. The molecule has 7 nitrogen and oxygen atoms in total. The first kappa shape index (κ1) is 22.1. The molecule has 1 N–H and O–H groups in total. The monoisotopic (exact) mass is 458 g/mol. The number of sulfonamides is 1. The van der Waals surface area contributed by atoms with Crippen LogP contribution in [0.1, 0.15) is 48.2 Å². The molecule has 1 heterocycles. The summed E-state index contributed by atoms with van der Waals surface area (Å²) in [5.41, 5.74) is 2.05. The van der Waals surface area contributed by atoms with Gasteiger partial charge >= 0.3 is 0 Å².